The Morgan fingerprint density at radius 1 is 0.500 bits per heavy atom. The molecular formula is C33H26NOP. The van der Waals surface area contributed by atoms with Crippen LogP contribution in [0.2, 0.25) is 0 Å². The molecule has 0 N–H and O–H groups in total. The summed E-state index contributed by atoms with van der Waals surface area (Å²) >= 11 is 0. The van der Waals surface area contributed by atoms with Crippen LogP contribution in [0, 0.1) is 0 Å². The highest BCUT2D eigenvalue weighted by Gasteiger charge is 2.35. The molecule has 2 atom stereocenters. The molecule has 1 aliphatic rings. The van der Waals surface area contributed by atoms with E-state index in [4.69, 9.17) is 9.73 Å². The van der Waals surface area contributed by atoms with E-state index in [1.165, 1.54) is 15.9 Å². The average Bonchev–Trinajstić information content (AvgIpc) is 3.41. The Hall–Kier alpha value is -4.00. The van der Waals surface area contributed by atoms with Gasteiger partial charge in [-0.05, 0) is 41.0 Å². The van der Waals surface area contributed by atoms with E-state index in [-0.39, 0.29) is 12.1 Å². The number of benzene rings is 5. The van der Waals surface area contributed by atoms with E-state index < -0.39 is 7.92 Å². The van der Waals surface area contributed by atoms with E-state index in [2.05, 4.69) is 133 Å². The van der Waals surface area contributed by atoms with Gasteiger partial charge in [0.2, 0.25) is 5.90 Å². The van der Waals surface area contributed by atoms with Gasteiger partial charge in [-0.15, -0.1) is 0 Å². The third-order valence-corrected chi connectivity index (χ3v) is 8.96. The van der Waals surface area contributed by atoms with Crippen molar-refractivity contribution in [3.63, 3.8) is 0 Å². The summed E-state index contributed by atoms with van der Waals surface area (Å²) in [4.78, 5) is 5.22. The minimum Gasteiger partial charge on any atom is -0.467 e. The average molecular weight is 484 g/mol. The third-order valence-electron chi connectivity index (χ3n) is 6.46. The fraction of sp³-hybridized carbons (Fsp3) is 0.0606. The first-order valence-corrected chi connectivity index (χ1v) is 13.6. The Bertz CT molecular complexity index is 1410. The van der Waals surface area contributed by atoms with E-state index >= 15 is 0 Å². The SMILES string of the molecule is c1ccc(C2N=C(c3ccccc3P(c3ccccc3)c3ccccc3)OC2c2ccccc2)cc1. The van der Waals surface area contributed by atoms with Crippen LogP contribution >= 0.6 is 7.92 Å². The molecule has 5 aromatic carbocycles. The lowest BCUT2D eigenvalue weighted by Crippen LogP contribution is -2.25. The van der Waals surface area contributed by atoms with Gasteiger partial charge >= 0.3 is 0 Å². The predicted octanol–water partition coefficient (Wildman–Crippen LogP) is 6.70. The molecule has 3 heteroatoms. The molecule has 2 nitrogen and oxygen atoms in total. The van der Waals surface area contributed by atoms with E-state index in [0.29, 0.717) is 5.90 Å². The first-order chi connectivity index (χ1) is 17.9. The van der Waals surface area contributed by atoms with Gasteiger partial charge in [-0.1, -0.05) is 140 Å². The van der Waals surface area contributed by atoms with Crippen molar-refractivity contribution in [2.45, 2.75) is 12.1 Å². The van der Waals surface area contributed by atoms with Crippen molar-refractivity contribution in [2.24, 2.45) is 4.99 Å². The van der Waals surface area contributed by atoms with Crippen LogP contribution < -0.4 is 15.9 Å². The summed E-state index contributed by atoms with van der Waals surface area (Å²) in [5.41, 5.74) is 3.36. The lowest BCUT2D eigenvalue weighted by molar-refractivity contribution is 0.197. The second-order valence-electron chi connectivity index (χ2n) is 8.76. The highest BCUT2D eigenvalue weighted by atomic mass is 31.1. The van der Waals surface area contributed by atoms with Gasteiger partial charge in [-0.3, -0.25) is 0 Å². The van der Waals surface area contributed by atoms with Crippen LogP contribution in [0.3, 0.4) is 0 Å². The first kappa shape index (κ1) is 22.5. The van der Waals surface area contributed by atoms with Gasteiger partial charge in [0, 0.05) is 5.56 Å². The van der Waals surface area contributed by atoms with E-state index in [9.17, 15) is 0 Å². The molecule has 0 saturated carbocycles. The zero-order chi connectivity index (χ0) is 24.2. The molecule has 0 saturated heterocycles. The molecule has 36 heavy (non-hydrogen) atoms. The monoisotopic (exact) mass is 483 g/mol. The standard InChI is InChI=1S/C33H26NOP/c1-5-15-25(16-6-1)31-32(26-17-7-2-8-18-26)35-33(34-31)29-23-13-14-24-30(29)36(27-19-9-3-10-20-27)28-21-11-4-12-22-28/h1-24,31-32H. The molecule has 0 spiro atoms. The Morgan fingerprint density at radius 3 is 1.56 bits per heavy atom. The van der Waals surface area contributed by atoms with Gasteiger partial charge < -0.3 is 4.74 Å². The molecule has 5 aromatic rings. The molecule has 2 unspecified atom stereocenters. The molecule has 174 valence electrons. The maximum atomic E-state index is 6.72. The number of hydrogen-bond acceptors (Lipinski definition) is 2. The van der Waals surface area contributed by atoms with Crippen molar-refractivity contribution < 1.29 is 4.74 Å². The lowest BCUT2D eigenvalue weighted by atomic mass is 9.97. The second-order valence-corrected chi connectivity index (χ2v) is 10.9. The molecule has 0 aromatic heterocycles. The van der Waals surface area contributed by atoms with Crippen LogP contribution in [0.5, 0.6) is 0 Å². The number of nitrogens with zero attached hydrogens (tertiary/aromatic N) is 1. The molecule has 1 aliphatic heterocycles. The van der Waals surface area contributed by atoms with Crippen LogP contribution in [0.1, 0.15) is 28.8 Å². The summed E-state index contributed by atoms with van der Waals surface area (Å²) in [5, 5.41) is 3.87. The Balaban J connectivity index is 1.48. The van der Waals surface area contributed by atoms with Crippen molar-refractivity contribution in [3.8, 4) is 0 Å². The van der Waals surface area contributed by atoms with Crippen LogP contribution in [0.4, 0.5) is 0 Å². The third kappa shape index (κ3) is 4.49. The van der Waals surface area contributed by atoms with Crippen molar-refractivity contribution >= 4 is 29.7 Å². The van der Waals surface area contributed by atoms with Crippen LogP contribution in [0.15, 0.2) is 151 Å². The second kappa shape index (κ2) is 10.3. The molecule has 0 aliphatic carbocycles. The Kier molecular flexibility index (Phi) is 6.44. The summed E-state index contributed by atoms with van der Waals surface area (Å²) in [6.45, 7) is 0. The van der Waals surface area contributed by atoms with Crippen molar-refractivity contribution in [1.82, 2.24) is 0 Å². The van der Waals surface area contributed by atoms with Gasteiger partial charge in [-0.2, -0.15) is 0 Å². The predicted molar refractivity (Wildman–Crippen MR) is 151 cm³/mol. The topological polar surface area (TPSA) is 21.6 Å². The number of hydrogen-bond donors (Lipinski definition) is 0. The zero-order valence-corrected chi connectivity index (χ0v) is 20.7. The molecule has 6 rings (SSSR count). The van der Waals surface area contributed by atoms with E-state index in [1.807, 2.05) is 12.1 Å². The van der Waals surface area contributed by atoms with Gasteiger partial charge in [0.15, 0.2) is 6.10 Å². The Morgan fingerprint density at radius 2 is 0.972 bits per heavy atom. The van der Waals surface area contributed by atoms with Gasteiger partial charge in [0.1, 0.15) is 6.04 Å². The molecule has 0 radical (unpaired) electrons. The van der Waals surface area contributed by atoms with Crippen LogP contribution in [-0.4, -0.2) is 5.90 Å². The first-order valence-electron chi connectivity index (χ1n) is 12.2. The minimum absolute atomic E-state index is 0.101. The van der Waals surface area contributed by atoms with Crippen molar-refractivity contribution in [1.29, 1.82) is 0 Å². The summed E-state index contributed by atoms with van der Waals surface area (Å²) in [5.74, 6) is 0.715. The maximum Gasteiger partial charge on any atom is 0.218 e. The Labute approximate surface area is 213 Å². The normalized spacial score (nSPS) is 17.0. The number of rotatable bonds is 6. The molecule has 0 bridgehead atoms. The largest absolute Gasteiger partial charge is 0.467 e. The summed E-state index contributed by atoms with van der Waals surface area (Å²) in [7, 11) is -0.781. The van der Waals surface area contributed by atoms with E-state index in [1.54, 1.807) is 0 Å². The lowest BCUT2D eigenvalue weighted by Gasteiger charge is -2.22. The van der Waals surface area contributed by atoms with Gasteiger partial charge in [0.25, 0.3) is 0 Å². The van der Waals surface area contributed by atoms with Crippen molar-refractivity contribution in [2.75, 3.05) is 0 Å². The van der Waals surface area contributed by atoms with E-state index in [0.717, 1.165) is 16.7 Å². The minimum atomic E-state index is -0.781. The number of ether oxygens (including phenoxy) is 1. The van der Waals surface area contributed by atoms with Gasteiger partial charge in [0.05, 0.1) is 0 Å². The molecular weight excluding hydrogens is 457 g/mol. The quantitative estimate of drug-likeness (QED) is 0.246. The molecule has 0 fully saturated rings. The van der Waals surface area contributed by atoms with Crippen LogP contribution in [-0.2, 0) is 4.74 Å². The summed E-state index contributed by atoms with van der Waals surface area (Å²) in [6.07, 6.45) is -0.170. The maximum absolute atomic E-state index is 6.72. The van der Waals surface area contributed by atoms with Crippen molar-refractivity contribution in [3.05, 3.63) is 162 Å². The number of aliphatic imine (C=N–C) groups is 1. The highest BCUT2D eigenvalue weighted by molar-refractivity contribution is 7.80. The van der Waals surface area contributed by atoms with Crippen LogP contribution in [0.25, 0.3) is 0 Å². The summed E-state index contributed by atoms with van der Waals surface area (Å²) < 4.78 is 6.72. The summed E-state index contributed by atoms with van der Waals surface area (Å²) in [6, 6.07) is 51.0. The fourth-order valence-electron chi connectivity index (χ4n) is 4.77. The fourth-order valence-corrected chi connectivity index (χ4v) is 7.21. The highest BCUT2D eigenvalue weighted by Crippen LogP contribution is 2.42. The smallest absolute Gasteiger partial charge is 0.218 e. The van der Waals surface area contributed by atoms with Gasteiger partial charge in [-0.25, -0.2) is 4.99 Å². The molecule has 0 amide bonds. The zero-order valence-electron chi connectivity index (χ0n) is 19.8. The molecule has 1 heterocycles.